The van der Waals surface area contributed by atoms with Crippen LogP contribution in [0.3, 0.4) is 0 Å². The molecule has 1 amide bonds. The van der Waals surface area contributed by atoms with E-state index in [1.807, 2.05) is 6.92 Å². The minimum Gasteiger partial charge on any atom is -0.368 e. The molecule has 1 aromatic rings. The molecule has 0 atom stereocenters. The van der Waals surface area contributed by atoms with Gasteiger partial charge in [0.1, 0.15) is 0 Å². The minimum absolute atomic E-state index is 0.0811. The monoisotopic (exact) mass is 281 g/mol. The highest BCUT2D eigenvalue weighted by Crippen LogP contribution is 2.16. The molecule has 0 fully saturated rings. The number of anilines is 1. The summed E-state index contributed by atoms with van der Waals surface area (Å²) in [5.41, 5.74) is 0.0811. The SMILES string of the molecule is CCCCCN(C)C(=O)c1ccnc(NCCC)c1F. The molecule has 0 spiro atoms. The van der Waals surface area contributed by atoms with Crippen molar-refractivity contribution in [2.24, 2.45) is 0 Å². The van der Waals surface area contributed by atoms with E-state index in [2.05, 4.69) is 17.2 Å². The van der Waals surface area contributed by atoms with Crippen LogP contribution in [0, 0.1) is 5.82 Å². The van der Waals surface area contributed by atoms with Crippen LogP contribution in [0.2, 0.25) is 0 Å². The second-order valence-electron chi connectivity index (χ2n) is 4.88. The van der Waals surface area contributed by atoms with Crippen LogP contribution in [-0.2, 0) is 0 Å². The third-order valence-corrected chi connectivity index (χ3v) is 3.11. The number of hydrogen-bond donors (Lipinski definition) is 1. The Kier molecular flexibility index (Phi) is 6.98. The molecule has 20 heavy (non-hydrogen) atoms. The number of nitrogens with zero attached hydrogens (tertiary/aromatic N) is 2. The number of unbranched alkanes of at least 4 members (excludes halogenated alkanes) is 2. The lowest BCUT2D eigenvalue weighted by Gasteiger charge is -2.18. The van der Waals surface area contributed by atoms with Gasteiger partial charge in [-0.05, 0) is 18.9 Å². The van der Waals surface area contributed by atoms with Crippen LogP contribution in [0.15, 0.2) is 12.3 Å². The van der Waals surface area contributed by atoms with Gasteiger partial charge in [0.25, 0.3) is 5.91 Å². The molecule has 1 heterocycles. The summed E-state index contributed by atoms with van der Waals surface area (Å²) < 4.78 is 14.2. The summed E-state index contributed by atoms with van der Waals surface area (Å²) in [5.74, 6) is -0.700. The Morgan fingerprint density at radius 3 is 2.75 bits per heavy atom. The van der Waals surface area contributed by atoms with Gasteiger partial charge in [0, 0.05) is 26.3 Å². The van der Waals surface area contributed by atoms with E-state index >= 15 is 0 Å². The molecule has 0 unspecified atom stereocenters. The van der Waals surface area contributed by atoms with E-state index in [4.69, 9.17) is 0 Å². The highest BCUT2D eigenvalue weighted by Gasteiger charge is 2.18. The van der Waals surface area contributed by atoms with Gasteiger partial charge in [0.05, 0.1) is 5.56 Å². The fourth-order valence-electron chi connectivity index (χ4n) is 1.88. The standard InChI is InChI=1S/C15H24FN3O/c1-4-6-7-11-19(3)15(20)12-8-10-18-14(13(12)16)17-9-5-2/h8,10H,4-7,9,11H2,1-3H3,(H,17,18). The van der Waals surface area contributed by atoms with Crippen molar-refractivity contribution in [3.63, 3.8) is 0 Å². The smallest absolute Gasteiger partial charge is 0.256 e. The van der Waals surface area contributed by atoms with Crippen LogP contribution in [0.1, 0.15) is 49.9 Å². The summed E-state index contributed by atoms with van der Waals surface area (Å²) in [7, 11) is 1.71. The zero-order valence-electron chi connectivity index (χ0n) is 12.6. The predicted octanol–water partition coefficient (Wildman–Crippen LogP) is 3.30. The normalized spacial score (nSPS) is 10.4. The Hall–Kier alpha value is -1.65. The minimum atomic E-state index is -0.562. The molecular formula is C15H24FN3O. The molecule has 0 aliphatic heterocycles. The number of aromatic nitrogens is 1. The molecule has 0 bridgehead atoms. The van der Waals surface area contributed by atoms with Crippen LogP contribution in [-0.4, -0.2) is 35.9 Å². The van der Waals surface area contributed by atoms with E-state index in [0.717, 1.165) is 25.7 Å². The molecule has 0 saturated carbocycles. The Morgan fingerprint density at radius 2 is 2.10 bits per heavy atom. The average molecular weight is 281 g/mol. The largest absolute Gasteiger partial charge is 0.368 e. The van der Waals surface area contributed by atoms with Gasteiger partial charge in [-0.3, -0.25) is 4.79 Å². The quantitative estimate of drug-likeness (QED) is 0.744. The number of nitrogens with one attached hydrogen (secondary N) is 1. The molecule has 0 aromatic carbocycles. The summed E-state index contributed by atoms with van der Waals surface area (Å²) in [4.78, 5) is 17.7. The number of hydrogen-bond acceptors (Lipinski definition) is 3. The Morgan fingerprint density at radius 1 is 1.35 bits per heavy atom. The van der Waals surface area contributed by atoms with E-state index in [-0.39, 0.29) is 17.3 Å². The van der Waals surface area contributed by atoms with E-state index < -0.39 is 5.82 Å². The van der Waals surface area contributed by atoms with Crippen molar-refractivity contribution in [2.75, 3.05) is 25.5 Å². The van der Waals surface area contributed by atoms with E-state index in [9.17, 15) is 9.18 Å². The first kappa shape index (κ1) is 16.4. The van der Waals surface area contributed by atoms with Gasteiger partial charge in [0.2, 0.25) is 0 Å². The van der Waals surface area contributed by atoms with Crippen molar-refractivity contribution < 1.29 is 9.18 Å². The topological polar surface area (TPSA) is 45.2 Å². The predicted molar refractivity (Wildman–Crippen MR) is 79.5 cm³/mol. The third-order valence-electron chi connectivity index (χ3n) is 3.11. The molecule has 0 saturated heterocycles. The summed E-state index contributed by atoms with van der Waals surface area (Å²) in [5, 5.41) is 2.89. The summed E-state index contributed by atoms with van der Waals surface area (Å²) in [6, 6.07) is 1.44. The second-order valence-corrected chi connectivity index (χ2v) is 4.88. The first-order chi connectivity index (χ1) is 9.61. The van der Waals surface area contributed by atoms with Crippen molar-refractivity contribution in [3.05, 3.63) is 23.6 Å². The zero-order chi connectivity index (χ0) is 15.0. The number of carbonyl (C=O) groups is 1. The van der Waals surface area contributed by atoms with Crippen LogP contribution in [0.25, 0.3) is 0 Å². The number of rotatable bonds is 8. The number of halogens is 1. The van der Waals surface area contributed by atoms with E-state index in [1.165, 1.54) is 12.3 Å². The average Bonchev–Trinajstić information content (AvgIpc) is 2.45. The molecule has 1 N–H and O–H groups in total. The molecule has 1 rings (SSSR count). The van der Waals surface area contributed by atoms with Crippen LogP contribution in [0.5, 0.6) is 0 Å². The maximum Gasteiger partial charge on any atom is 0.256 e. The lowest BCUT2D eigenvalue weighted by atomic mass is 10.2. The fraction of sp³-hybridized carbons (Fsp3) is 0.600. The van der Waals surface area contributed by atoms with Gasteiger partial charge >= 0.3 is 0 Å². The molecule has 0 radical (unpaired) electrons. The van der Waals surface area contributed by atoms with Gasteiger partial charge in [0.15, 0.2) is 11.6 Å². The van der Waals surface area contributed by atoms with Crippen LogP contribution < -0.4 is 5.32 Å². The molecule has 1 aromatic heterocycles. The molecule has 112 valence electrons. The van der Waals surface area contributed by atoms with Gasteiger partial charge in [-0.1, -0.05) is 26.7 Å². The van der Waals surface area contributed by atoms with Gasteiger partial charge in [-0.25, -0.2) is 9.37 Å². The molecule has 0 aliphatic carbocycles. The zero-order valence-corrected chi connectivity index (χ0v) is 12.6. The summed E-state index contributed by atoms with van der Waals surface area (Å²) >= 11 is 0. The Labute approximate surface area is 120 Å². The maximum atomic E-state index is 14.2. The van der Waals surface area contributed by atoms with Crippen molar-refractivity contribution in [1.29, 1.82) is 0 Å². The Balaban J connectivity index is 2.76. The number of amides is 1. The van der Waals surface area contributed by atoms with Crippen molar-refractivity contribution in [1.82, 2.24) is 9.88 Å². The second kappa shape index (κ2) is 8.51. The molecule has 5 heteroatoms. The fourth-order valence-corrected chi connectivity index (χ4v) is 1.88. The first-order valence-corrected chi connectivity index (χ1v) is 7.25. The number of pyridine rings is 1. The highest BCUT2D eigenvalue weighted by atomic mass is 19.1. The van der Waals surface area contributed by atoms with Crippen molar-refractivity contribution >= 4 is 11.7 Å². The number of carbonyl (C=O) groups excluding carboxylic acids is 1. The van der Waals surface area contributed by atoms with Crippen LogP contribution in [0.4, 0.5) is 10.2 Å². The Bertz CT molecular complexity index is 437. The van der Waals surface area contributed by atoms with Crippen molar-refractivity contribution in [2.45, 2.75) is 39.5 Å². The molecule has 4 nitrogen and oxygen atoms in total. The maximum absolute atomic E-state index is 14.2. The van der Waals surface area contributed by atoms with E-state index in [1.54, 1.807) is 11.9 Å². The molecular weight excluding hydrogens is 257 g/mol. The van der Waals surface area contributed by atoms with Crippen molar-refractivity contribution in [3.8, 4) is 0 Å². The summed E-state index contributed by atoms with van der Waals surface area (Å²) in [6.07, 6.45) is 5.44. The van der Waals surface area contributed by atoms with Gasteiger partial charge < -0.3 is 10.2 Å². The molecule has 0 aliphatic rings. The lowest BCUT2D eigenvalue weighted by molar-refractivity contribution is 0.0788. The first-order valence-electron chi connectivity index (χ1n) is 7.25. The summed E-state index contributed by atoms with van der Waals surface area (Å²) in [6.45, 7) is 5.37. The van der Waals surface area contributed by atoms with Crippen LogP contribution >= 0.6 is 0 Å². The van der Waals surface area contributed by atoms with E-state index in [0.29, 0.717) is 13.1 Å². The van der Waals surface area contributed by atoms with Gasteiger partial charge in [-0.15, -0.1) is 0 Å². The van der Waals surface area contributed by atoms with Gasteiger partial charge in [-0.2, -0.15) is 0 Å². The highest BCUT2D eigenvalue weighted by molar-refractivity contribution is 5.95. The third kappa shape index (κ3) is 4.47. The lowest BCUT2D eigenvalue weighted by Crippen LogP contribution is -2.28.